The van der Waals surface area contributed by atoms with Crippen molar-refractivity contribution < 1.29 is 8.81 Å². The molecule has 0 atom stereocenters. The summed E-state index contributed by atoms with van der Waals surface area (Å²) in [5.41, 5.74) is 2.15. The summed E-state index contributed by atoms with van der Waals surface area (Å²) in [5.74, 6) is 0.677. The molecule has 0 bridgehead atoms. The van der Waals surface area contributed by atoms with E-state index in [0.717, 1.165) is 32.5 Å². The summed E-state index contributed by atoms with van der Waals surface area (Å²) in [4.78, 5) is 29.6. The number of thiazole rings is 1. The monoisotopic (exact) mass is 445 g/mol. The second kappa shape index (κ2) is 7.97. The van der Waals surface area contributed by atoms with Crippen LogP contribution in [0.5, 0.6) is 0 Å². The van der Waals surface area contributed by atoms with Crippen molar-refractivity contribution >= 4 is 22.4 Å². The molecule has 0 aliphatic heterocycles. The lowest BCUT2D eigenvalue weighted by Crippen LogP contribution is -2.28. The van der Waals surface area contributed by atoms with Gasteiger partial charge < -0.3 is 4.42 Å². The number of halogens is 1. The highest BCUT2D eigenvalue weighted by Gasteiger charge is 2.12. The maximum atomic E-state index is 13.1. The SMILES string of the molecule is Cc1ccc(Cc2nn3c(=O)c(=Cc4ccc(-c5ccc(F)cc5)o4)sc3nc2=O)cc1. The topological polar surface area (TPSA) is 77.5 Å². The molecule has 0 radical (unpaired) electrons. The van der Waals surface area contributed by atoms with E-state index in [0.29, 0.717) is 22.5 Å². The Hall–Kier alpha value is -3.91. The van der Waals surface area contributed by atoms with Crippen molar-refractivity contribution in [1.29, 1.82) is 0 Å². The Balaban J connectivity index is 1.51. The van der Waals surface area contributed by atoms with Crippen LogP contribution in [0.15, 0.2) is 74.7 Å². The Kier molecular flexibility index (Phi) is 4.99. The van der Waals surface area contributed by atoms with E-state index in [2.05, 4.69) is 10.1 Å². The first kappa shape index (κ1) is 20.0. The number of aryl methyl sites for hydroxylation is 1. The normalized spacial score (nSPS) is 12.0. The van der Waals surface area contributed by atoms with Gasteiger partial charge in [-0.2, -0.15) is 14.6 Å². The third-order valence-electron chi connectivity index (χ3n) is 4.97. The van der Waals surface area contributed by atoms with Crippen molar-refractivity contribution in [1.82, 2.24) is 14.6 Å². The summed E-state index contributed by atoms with van der Waals surface area (Å²) in [6, 6.07) is 17.2. The van der Waals surface area contributed by atoms with Gasteiger partial charge in [0, 0.05) is 18.1 Å². The van der Waals surface area contributed by atoms with Crippen LogP contribution in [0.2, 0.25) is 0 Å². The van der Waals surface area contributed by atoms with Crippen LogP contribution in [0.25, 0.3) is 22.4 Å². The summed E-state index contributed by atoms with van der Waals surface area (Å²) in [5, 5.41) is 4.27. The van der Waals surface area contributed by atoms with Gasteiger partial charge in [-0.25, -0.2) is 4.39 Å². The van der Waals surface area contributed by atoms with E-state index >= 15 is 0 Å². The summed E-state index contributed by atoms with van der Waals surface area (Å²) >= 11 is 1.07. The molecule has 2 aromatic carbocycles. The van der Waals surface area contributed by atoms with Crippen molar-refractivity contribution in [2.75, 3.05) is 0 Å². The molecule has 8 heteroatoms. The predicted octanol–water partition coefficient (Wildman–Crippen LogP) is 3.36. The second-order valence-corrected chi connectivity index (χ2v) is 8.35. The fraction of sp³-hybridized carbons (Fsp3) is 0.0833. The van der Waals surface area contributed by atoms with Crippen LogP contribution in [0.3, 0.4) is 0 Å². The standard InChI is InChI=1S/C24H16FN3O3S/c1-14-2-4-15(5-3-14)12-19-22(29)26-24-28(27-19)23(30)21(32-24)13-18-10-11-20(31-18)16-6-8-17(25)9-7-16/h2-11,13H,12H2,1H3. The van der Waals surface area contributed by atoms with Gasteiger partial charge in [-0.1, -0.05) is 41.2 Å². The van der Waals surface area contributed by atoms with Gasteiger partial charge in [-0.15, -0.1) is 0 Å². The third-order valence-corrected chi connectivity index (χ3v) is 5.93. The van der Waals surface area contributed by atoms with E-state index in [9.17, 15) is 14.0 Å². The molecule has 0 saturated heterocycles. The molecule has 0 spiro atoms. The van der Waals surface area contributed by atoms with E-state index in [1.54, 1.807) is 30.3 Å². The third kappa shape index (κ3) is 3.88. The van der Waals surface area contributed by atoms with Gasteiger partial charge in [0.25, 0.3) is 11.1 Å². The second-order valence-electron chi connectivity index (χ2n) is 7.35. The number of furan rings is 1. The van der Waals surface area contributed by atoms with Gasteiger partial charge >= 0.3 is 0 Å². The van der Waals surface area contributed by atoms with E-state index in [1.807, 2.05) is 31.2 Å². The van der Waals surface area contributed by atoms with Crippen molar-refractivity contribution in [3.8, 4) is 11.3 Å². The van der Waals surface area contributed by atoms with Gasteiger partial charge in [0.1, 0.15) is 27.6 Å². The number of hydrogen-bond acceptors (Lipinski definition) is 6. The Bertz CT molecular complexity index is 1600. The Morgan fingerprint density at radius 3 is 2.53 bits per heavy atom. The molecular formula is C24H16FN3O3S. The molecule has 3 aromatic heterocycles. The van der Waals surface area contributed by atoms with Gasteiger partial charge in [0.15, 0.2) is 0 Å². The lowest BCUT2D eigenvalue weighted by molar-refractivity contribution is 0.571. The first-order chi connectivity index (χ1) is 15.5. The van der Waals surface area contributed by atoms with E-state index in [4.69, 9.17) is 4.42 Å². The number of nitrogens with zero attached hydrogens (tertiary/aromatic N) is 3. The van der Waals surface area contributed by atoms with Crippen LogP contribution in [0.1, 0.15) is 22.6 Å². The molecule has 0 unspecified atom stereocenters. The largest absolute Gasteiger partial charge is 0.457 e. The summed E-state index contributed by atoms with van der Waals surface area (Å²) in [6.07, 6.45) is 1.88. The molecule has 5 rings (SSSR count). The van der Waals surface area contributed by atoms with Gasteiger partial charge in [0.05, 0.1) is 0 Å². The smallest absolute Gasteiger partial charge is 0.296 e. The molecular weight excluding hydrogens is 429 g/mol. The van der Waals surface area contributed by atoms with Gasteiger partial charge in [-0.05, 0) is 48.9 Å². The molecule has 0 aliphatic rings. The highest BCUT2D eigenvalue weighted by molar-refractivity contribution is 7.15. The lowest BCUT2D eigenvalue weighted by atomic mass is 10.1. The maximum Gasteiger partial charge on any atom is 0.296 e. The number of hydrogen-bond donors (Lipinski definition) is 0. The quantitative estimate of drug-likeness (QED) is 0.424. The van der Waals surface area contributed by atoms with E-state index < -0.39 is 5.56 Å². The average Bonchev–Trinajstić information content (AvgIpc) is 3.36. The van der Waals surface area contributed by atoms with Crippen molar-refractivity contribution in [3.63, 3.8) is 0 Å². The fourth-order valence-corrected chi connectivity index (χ4v) is 4.16. The zero-order valence-corrected chi connectivity index (χ0v) is 17.7. The molecule has 0 saturated carbocycles. The molecule has 0 amide bonds. The summed E-state index contributed by atoms with van der Waals surface area (Å²) in [7, 11) is 0. The van der Waals surface area contributed by atoms with E-state index in [-0.39, 0.29) is 22.0 Å². The van der Waals surface area contributed by atoms with Crippen LogP contribution in [-0.4, -0.2) is 14.6 Å². The predicted molar refractivity (Wildman–Crippen MR) is 120 cm³/mol. The van der Waals surface area contributed by atoms with Crippen molar-refractivity contribution in [2.45, 2.75) is 13.3 Å². The fourth-order valence-electron chi connectivity index (χ4n) is 3.28. The highest BCUT2D eigenvalue weighted by Crippen LogP contribution is 2.22. The van der Waals surface area contributed by atoms with Gasteiger partial charge in [0.2, 0.25) is 4.96 Å². The van der Waals surface area contributed by atoms with Crippen LogP contribution in [0, 0.1) is 12.7 Å². The maximum absolute atomic E-state index is 13.1. The Morgan fingerprint density at radius 2 is 1.78 bits per heavy atom. The average molecular weight is 445 g/mol. The molecule has 5 aromatic rings. The Morgan fingerprint density at radius 1 is 1.03 bits per heavy atom. The van der Waals surface area contributed by atoms with E-state index in [1.165, 1.54) is 12.1 Å². The molecule has 32 heavy (non-hydrogen) atoms. The molecule has 158 valence electrons. The number of fused-ring (bicyclic) bond motifs is 1. The van der Waals surface area contributed by atoms with Crippen LogP contribution >= 0.6 is 11.3 Å². The number of rotatable bonds is 4. The zero-order chi connectivity index (χ0) is 22.2. The Labute approximate surface area is 184 Å². The zero-order valence-electron chi connectivity index (χ0n) is 16.9. The molecule has 3 heterocycles. The highest BCUT2D eigenvalue weighted by atomic mass is 32.1. The van der Waals surface area contributed by atoms with Crippen LogP contribution in [0.4, 0.5) is 4.39 Å². The van der Waals surface area contributed by atoms with Crippen LogP contribution in [-0.2, 0) is 6.42 Å². The lowest BCUT2D eigenvalue weighted by Gasteiger charge is -2.01. The van der Waals surface area contributed by atoms with Crippen molar-refractivity contribution in [3.05, 3.63) is 114 Å². The molecule has 0 aliphatic carbocycles. The van der Waals surface area contributed by atoms with Crippen molar-refractivity contribution in [2.24, 2.45) is 0 Å². The number of aromatic nitrogens is 3. The minimum absolute atomic E-state index is 0.212. The minimum atomic E-state index is -0.449. The molecule has 0 fully saturated rings. The molecule has 6 nitrogen and oxygen atoms in total. The number of benzene rings is 2. The summed E-state index contributed by atoms with van der Waals surface area (Å²) in [6.45, 7) is 1.99. The first-order valence-corrected chi connectivity index (χ1v) is 10.6. The van der Waals surface area contributed by atoms with Crippen LogP contribution < -0.4 is 15.7 Å². The molecule has 0 N–H and O–H groups in total. The first-order valence-electron chi connectivity index (χ1n) is 9.82. The summed E-state index contributed by atoms with van der Waals surface area (Å²) < 4.78 is 20.4. The van der Waals surface area contributed by atoms with Gasteiger partial charge in [-0.3, -0.25) is 9.59 Å². The minimum Gasteiger partial charge on any atom is -0.457 e.